The predicted molar refractivity (Wildman–Crippen MR) is 50.8 cm³/mol. The van der Waals surface area contributed by atoms with Gasteiger partial charge in [-0.25, -0.2) is 0 Å². The average molecular weight is 197 g/mol. The maximum absolute atomic E-state index is 11.3. The van der Waals surface area contributed by atoms with Gasteiger partial charge < -0.3 is 10.1 Å². The fourth-order valence-corrected chi connectivity index (χ4v) is 1.75. The zero-order chi connectivity index (χ0) is 9.10. The maximum Gasteiger partial charge on any atom is 0.225 e. The summed E-state index contributed by atoms with van der Waals surface area (Å²) in [5.41, 5.74) is 0. The number of hydrogen-bond donors (Lipinski definition) is 1. The molecule has 1 atom stereocenters. The molecule has 1 N–H and O–H groups in total. The Kier molecular flexibility index (Phi) is 2.61. The number of hydrogen-bond acceptors (Lipinski definition) is 3. The molecule has 1 aliphatic heterocycles. The number of nitrogens with one attached hydrogen (secondary N) is 1. The second-order valence-electron chi connectivity index (χ2n) is 3.02. The average Bonchev–Trinajstić information content (AvgIpc) is 2.82. The van der Waals surface area contributed by atoms with Crippen LogP contribution in [0.1, 0.15) is 4.88 Å². The first-order valence-electron chi connectivity index (χ1n) is 4.25. The Labute approximate surface area is 80.7 Å². The largest absolute Gasteiger partial charge is 0.371 e. The Bertz CT molecular complexity index is 280. The Balaban J connectivity index is 1.71. The van der Waals surface area contributed by atoms with E-state index >= 15 is 0 Å². The van der Waals surface area contributed by atoms with Gasteiger partial charge in [-0.2, -0.15) is 0 Å². The lowest BCUT2D eigenvalue weighted by Gasteiger charge is -2.00. The van der Waals surface area contributed by atoms with Gasteiger partial charge >= 0.3 is 0 Å². The van der Waals surface area contributed by atoms with E-state index < -0.39 is 0 Å². The molecule has 1 unspecified atom stereocenters. The van der Waals surface area contributed by atoms with Crippen LogP contribution < -0.4 is 5.32 Å². The molecule has 0 saturated carbocycles. The zero-order valence-electron chi connectivity index (χ0n) is 7.16. The van der Waals surface area contributed by atoms with Crippen molar-refractivity contribution in [3.8, 4) is 0 Å². The second kappa shape index (κ2) is 3.89. The lowest BCUT2D eigenvalue weighted by Crippen LogP contribution is -2.28. The molecule has 2 rings (SSSR count). The summed E-state index contributed by atoms with van der Waals surface area (Å²) in [6.07, 6.45) is 0.761. The smallest absolute Gasteiger partial charge is 0.225 e. The van der Waals surface area contributed by atoms with Gasteiger partial charge in [-0.15, -0.1) is 11.3 Å². The van der Waals surface area contributed by atoms with Gasteiger partial charge in [0, 0.05) is 11.4 Å². The summed E-state index contributed by atoms with van der Waals surface area (Å²) in [4.78, 5) is 12.4. The summed E-state index contributed by atoms with van der Waals surface area (Å²) in [7, 11) is 0. The van der Waals surface area contributed by atoms with Crippen LogP contribution in [0.2, 0.25) is 0 Å². The standard InChI is InChI=1S/C9H11NO2S/c11-9(10-5-7-6-12-7)4-8-2-1-3-13-8/h1-3,7H,4-6H2,(H,10,11). The van der Waals surface area contributed by atoms with E-state index in [9.17, 15) is 4.79 Å². The van der Waals surface area contributed by atoms with E-state index in [0.29, 0.717) is 13.0 Å². The number of carbonyl (C=O) groups excluding carboxylic acids is 1. The first-order chi connectivity index (χ1) is 6.34. The van der Waals surface area contributed by atoms with Gasteiger partial charge in [0.2, 0.25) is 5.91 Å². The molecule has 1 saturated heterocycles. The molecule has 1 aliphatic rings. The number of rotatable bonds is 4. The fourth-order valence-electron chi connectivity index (χ4n) is 1.05. The van der Waals surface area contributed by atoms with E-state index in [1.807, 2.05) is 17.5 Å². The van der Waals surface area contributed by atoms with E-state index in [2.05, 4.69) is 5.32 Å². The lowest BCUT2D eigenvalue weighted by molar-refractivity contribution is -0.120. The molecular formula is C9H11NO2S. The second-order valence-corrected chi connectivity index (χ2v) is 4.05. The molecule has 0 bridgehead atoms. The van der Waals surface area contributed by atoms with Gasteiger partial charge in [0.05, 0.1) is 19.1 Å². The summed E-state index contributed by atoms with van der Waals surface area (Å²) in [6, 6.07) is 3.93. The van der Waals surface area contributed by atoms with Gasteiger partial charge in [-0.05, 0) is 11.4 Å². The molecule has 4 heteroatoms. The minimum Gasteiger partial charge on any atom is -0.371 e. The number of ether oxygens (including phenoxy) is 1. The number of thiophene rings is 1. The van der Waals surface area contributed by atoms with Gasteiger partial charge in [0.15, 0.2) is 0 Å². The number of epoxide rings is 1. The van der Waals surface area contributed by atoms with Gasteiger partial charge in [-0.1, -0.05) is 6.07 Å². The van der Waals surface area contributed by atoms with Crippen molar-refractivity contribution in [2.75, 3.05) is 13.2 Å². The van der Waals surface area contributed by atoms with Crippen molar-refractivity contribution in [3.05, 3.63) is 22.4 Å². The van der Waals surface area contributed by atoms with Crippen molar-refractivity contribution in [3.63, 3.8) is 0 Å². The van der Waals surface area contributed by atoms with E-state index in [1.54, 1.807) is 11.3 Å². The first-order valence-corrected chi connectivity index (χ1v) is 5.13. The third-order valence-corrected chi connectivity index (χ3v) is 2.72. The highest BCUT2D eigenvalue weighted by molar-refractivity contribution is 7.10. The van der Waals surface area contributed by atoms with Crippen LogP contribution in [0.5, 0.6) is 0 Å². The summed E-state index contributed by atoms with van der Waals surface area (Å²) in [5, 5.41) is 4.80. The third-order valence-electron chi connectivity index (χ3n) is 1.84. The Morgan fingerprint density at radius 2 is 2.62 bits per heavy atom. The van der Waals surface area contributed by atoms with Crippen molar-refractivity contribution in [2.24, 2.45) is 0 Å². The van der Waals surface area contributed by atoms with Crippen molar-refractivity contribution in [1.29, 1.82) is 0 Å². The third kappa shape index (κ3) is 2.82. The Hall–Kier alpha value is -0.870. The molecule has 0 aliphatic carbocycles. The molecule has 3 nitrogen and oxygen atoms in total. The minimum atomic E-state index is 0.0814. The van der Waals surface area contributed by atoms with Crippen LogP contribution in [0.4, 0.5) is 0 Å². The van der Waals surface area contributed by atoms with Crippen LogP contribution in [0, 0.1) is 0 Å². The van der Waals surface area contributed by atoms with Crippen molar-refractivity contribution >= 4 is 17.2 Å². The molecule has 70 valence electrons. The quantitative estimate of drug-likeness (QED) is 0.726. The number of amides is 1. The number of carbonyl (C=O) groups is 1. The van der Waals surface area contributed by atoms with E-state index in [4.69, 9.17) is 4.74 Å². The van der Waals surface area contributed by atoms with Crippen LogP contribution >= 0.6 is 11.3 Å². The highest BCUT2D eigenvalue weighted by Crippen LogP contribution is 2.09. The normalized spacial score (nSPS) is 19.8. The molecule has 13 heavy (non-hydrogen) atoms. The minimum absolute atomic E-state index is 0.0814. The summed E-state index contributed by atoms with van der Waals surface area (Å²) in [5.74, 6) is 0.0814. The molecule has 0 spiro atoms. The zero-order valence-corrected chi connectivity index (χ0v) is 7.97. The highest BCUT2D eigenvalue weighted by Gasteiger charge is 2.22. The van der Waals surface area contributed by atoms with Crippen LogP contribution in [-0.2, 0) is 16.0 Å². The summed E-state index contributed by atoms with van der Waals surface area (Å²) < 4.78 is 4.98. The van der Waals surface area contributed by atoms with Crippen LogP contribution in [0.15, 0.2) is 17.5 Å². The van der Waals surface area contributed by atoms with Crippen LogP contribution in [-0.4, -0.2) is 25.2 Å². The molecule has 1 amide bonds. The monoisotopic (exact) mass is 197 g/mol. The maximum atomic E-state index is 11.3. The molecular weight excluding hydrogens is 186 g/mol. The Morgan fingerprint density at radius 1 is 1.77 bits per heavy atom. The van der Waals surface area contributed by atoms with E-state index in [0.717, 1.165) is 11.5 Å². The first kappa shape index (κ1) is 8.72. The molecule has 2 heterocycles. The molecule has 1 aromatic heterocycles. The van der Waals surface area contributed by atoms with Crippen LogP contribution in [0.25, 0.3) is 0 Å². The van der Waals surface area contributed by atoms with Crippen molar-refractivity contribution in [1.82, 2.24) is 5.32 Å². The molecule has 1 fully saturated rings. The highest BCUT2D eigenvalue weighted by atomic mass is 32.1. The predicted octanol–water partition coefficient (Wildman–Crippen LogP) is 0.806. The fraction of sp³-hybridized carbons (Fsp3) is 0.444. The summed E-state index contributed by atoms with van der Waals surface area (Å²) >= 11 is 1.61. The van der Waals surface area contributed by atoms with Gasteiger partial charge in [0.25, 0.3) is 0 Å². The topological polar surface area (TPSA) is 41.6 Å². The SMILES string of the molecule is O=C(Cc1cccs1)NCC1CO1. The lowest BCUT2D eigenvalue weighted by atomic mass is 10.3. The Morgan fingerprint density at radius 3 is 3.23 bits per heavy atom. The molecule has 0 radical (unpaired) electrons. The van der Waals surface area contributed by atoms with Crippen molar-refractivity contribution < 1.29 is 9.53 Å². The van der Waals surface area contributed by atoms with Gasteiger partial charge in [-0.3, -0.25) is 4.79 Å². The summed E-state index contributed by atoms with van der Waals surface area (Å²) in [6.45, 7) is 1.45. The molecule has 1 aromatic rings. The van der Waals surface area contributed by atoms with Crippen molar-refractivity contribution in [2.45, 2.75) is 12.5 Å². The van der Waals surface area contributed by atoms with E-state index in [1.165, 1.54) is 0 Å². The van der Waals surface area contributed by atoms with Crippen LogP contribution in [0.3, 0.4) is 0 Å². The van der Waals surface area contributed by atoms with Gasteiger partial charge in [0.1, 0.15) is 0 Å². The molecule has 0 aromatic carbocycles. The van der Waals surface area contributed by atoms with E-state index in [-0.39, 0.29) is 12.0 Å².